The molecule has 0 saturated carbocycles. The van der Waals surface area contributed by atoms with E-state index in [0.29, 0.717) is 11.3 Å². The van der Waals surface area contributed by atoms with Gasteiger partial charge in [-0.25, -0.2) is 0 Å². The molecule has 1 atom stereocenters. The van der Waals surface area contributed by atoms with Gasteiger partial charge in [-0.1, -0.05) is 11.6 Å². The van der Waals surface area contributed by atoms with Crippen LogP contribution in [0.15, 0.2) is 12.1 Å². The summed E-state index contributed by atoms with van der Waals surface area (Å²) in [5.74, 6) is 0.741. The molecule has 0 spiro atoms. The quantitative estimate of drug-likeness (QED) is 0.831. The van der Waals surface area contributed by atoms with Crippen LogP contribution in [0.3, 0.4) is 0 Å². The third kappa shape index (κ3) is 2.56. The van der Waals surface area contributed by atoms with E-state index in [9.17, 15) is 0 Å². The van der Waals surface area contributed by atoms with E-state index in [1.165, 1.54) is 0 Å². The summed E-state index contributed by atoms with van der Waals surface area (Å²) in [5.41, 5.74) is 0. The maximum absolute atomic E-state index is 5.61. The van der Waals surface area contributed by atoms with Crippen LogP contribution in [0.2, 0.25) is 5.15 Å². The maximum Gasteiger partial charge on any atom is 0.151 e. The van der Waals surface area contributed by atoms with Crippen LogP contribution in [0.1, 0.15) is 12.8 Å². The topological polar surface area (TPSA) is 47.0 Å². The van der Waals surface area contributed by atoms with Crippen molar-refractivity contribution in [2.24, 2.45) is 0 Å². The third-order valence-electron chi connectivity index (χ3n) is 2.17. The van der Waals surface area contributed by atoms with Crippen molar-refractivity contribution in [3.63, 3.8) is 0 Å². The van der Waals surface area contributed by atoms with E-state index in [1.807, 2.05) is 6.07 Å². The van der Waals surface area contributed by atoms with Gasteiger partial charge in [-0.05, 0) is 25.0 Å². The summed E-state index contributed by atoms with van der Waals surface area (Å²) in [5, 5.41) is 11.2. The minimum atomic E-state index is 0.312. The lowest BCUT2D eigenvalue weighted by Gasteiger charge is -2.10. The van der Waals surface area contributed by atoms with Crippen LogP contribution < -0.4 is 5.32 Å². The summed E-state index contributed by atoms with van der Waals surface area (Å²) < 4.78 is 5.46. The number of nitrogens with zero attached hydrogens (tertiary/aromatic N) is 2. The molecule has 0 radical (unpaired) electrons. The zero-order valence-corrected chi connectivity index (χ0v) is 8.50. The first-order chi connectivity index (χ1) is 6.84. The van der Waals surface area contributed by atoms with Crippen molar-refractivity contribution in [3.05, 3.63) is 17.3 Å². The Labute approximate surface area is 87.6 Å². The summed E-state index contributed by atoms with van der Waals surface area (Å²) in [6.45, 7) is 1.66. The second-order valence-electron chi connectivity index (χ2n) is 3.26. The number of aromatic nitrogens is 2. The largest absolute Gasteiger partial charge is 0.376 e. The average molecular weight is 214 g/mol. The first kappa shape index (κ1) is 9.68. The molecule has 1 fully saturated rings. The van der Waals surface area contributed by atoms with Crippen molar-refractivity contribution in [3.8, 4) is 0 Å². The second-order valence-corrected chi connectivity index (χ2v) is 3.64. The van der Waals surface area contributed by atoms with Crippen molar-refractivity contribution in [2.75, 3.05) is 18.5 Å². The molecule has 1 aliphatic rings. The van der Waals surface area contributed by atoms with Gasteiger partial charge in [0.2, 0.25) is 0 Å². The normalized spacial score (nSPS) is 21.1. The molecular weight excluding hydrogens is 202 g/mol. The number of hydrogen-bond acceptors (Lipinski definition) is 4. The molecule has 1 aromatic heterocycles. The Kier molecular flexibility index (Phi) is 3.16. The average Bonchev–Trinajstić information content (AvgIpc) is 2.70. The van der Waals surface area contributed by atoms with Gasteiger partial charge in [0.05, 0.1) is 6.10 Å². The van der Waals surface area contributed by atoms with Crippen LogP contribution in [0, 0.1) is 0 Å². The van der Waals surface area contributed by atoms with Crippen LogP contribution >= 0.6 is 11.6 Å². The fraction of sp³-hybridized carbons (Fsp3) is 0.556. The Morgan fingerprint density at radius 2 is 2.43 bits per heavy atom. The SMILES string of the molecule is Clc1ccc(NC[C@H]2CCCO2)nn1. The van der Waals surface area contributed by atoms with Crippen molar-refractivity contribution < 1.29 is 4.74 Å². The Morgan fingerprint density at radius 3 is 3.07 bits per heavy atom. The van der Waals surface area contributed by atoms with Crippen molar-refractivity contribution in [1.29, 1.82) is 0 Å². The highest BCUT2D eigenvalue weighted by atomic mass is 35.5. The predicted octanol–water partition coefficient (Wildman–Crippen LogP) is 1.72. The van der Waals surface area contributed by atoms with Gasteiger partial charge in [-0.15, -0.1) is 10.2 Å². The summed E-state index contributed by atoms with van der Waals surface area (Å²) in [7, 11) is 0. The molecule has 1 saturated heterocycles. The molecule has 1 aliphatic heterocycles. The van der Waals surface area contributed by atoms with E-state index in [2.05, 4.69) is 15.5 Å². The summed E-state index contributed by atoms with van der Waals surface area (Å²) in [6, 6.07) is 3.52. The molecule has 0 bridgehead atoms. The number of rotatable bonds is 3. The van der Waals surface area contributed by atoms with E-state index in [1.54, 1.807) is 6.07 Å². The molecule has 14 heavy (non-hydrogen) atoms. The van der Waals surface area contributed by atoms with Crippen molar-refractivity contribution >= 4 is 17.4 Å². The lowest BCUT2D eigenvalue weighted by molar-refractivity contribution is 0.120. The second kappa shape index (κ2) is 4.57. The van der Waals surface area contributed by atoms with E-state index in [4.69, 9.17) is 16.3 Å². The molecule has 2 rings (SSSR count). The Balaban J connectivity index is 1.82. The molecule has 0 amide bonds. The third-order valence-corrected chi connectivity index (χ3v) is 2.37. The van der Waals surface area contributed by atoms with Gasteiger partial charge >= 0.3 is 0 Å². The minimum absolute atomic E-state index is 0.312. The molecule has 0 aromatic carbocycles. The number of halogens is 1. The van der Waals surface area contributed by atoms with Gasteiger partial charge in [0.15, 0.2) is 5.15 Å². The molecule has 76 valence electrons. The van der Waals surface area contributed by atoms with Gasteiger partial charge in [-0.2, -0.15) is 0 Å². The zero-order valence-electron chi connectivity index (χ0n) is 7.74. The minimum Gasteiger partial charge on any atom is -0.376 e. The van der Waals surface area contributed by atoms with Crippen molar-refractivity contribution in [1.82, 2.24) is 10.2 Å². The summed E-state index contributed by atoms with van der Waals surface area (Å²) in [4.78, 5) is 0. The highest BCUT2D eigenvalue weighted by Crippen LogP contribution is 2.13. The Hall–Kier alpha value is -0.870. The molecular formula is C9H12ClN3O. The van der Waals surface area contributed by atoms with Crippen LogP contribution in [-0.4, -0.2) is 29.5 Å². The number of anilines is 1. The summed E-state index contributed by atoms with van der Waals surface area (Å²) >= 11 is 5.61. The standard InChI is InChI=1S/C9H12ClN3O/c10-8-3-4-9(13-12-8)11-6-7-2-1-5-14-7/h3-4,7H,1-2,5-6H2,(H,11,13)/t7-/m1/s1. The first-order valence-electron chi connectivity index (χ1n) is 4.69. The molecule has 1 N–H and O–H groups in total. The van der Waals surface area contributed by atoms with Gasteiger partial charge < -0.3 is 10.1 Å². The highest BCUT2D eigenvalue weighted by Gasteiger charge is 2.14. The Bertz CT molecular complexity index is 285. The van der Waals surface area contributed by atoms with Crippen LogP contribution in [0.25, 0.3) is 0 Å². The lowest BCUT2D eigenvalue weighted by atomic mass is 10.2. The van der Waals surface area contributed by atoms with E-state index in [-0.39, 0.29) is 0 Å². The first-order valence-corrected chi connectivity index (χ1v) is 5.07. The van der Waals surface area contributed by atoms with Crippen LogP contribution in [0.4, 0.5) is 5.82 Å². The van der Waals surface area contributed by atoms with Crippen LogP contribution in [-0.2, 0) is 4.74 Å². The lowest BCUT2D eigenvalue weighted by Crippen LogP contribution is -2.19. The fourth-order valence-electron chi connectivity index (χ4n) is 1.43. The van der Waals surface area contributed by atoms with Crippen LogP contribution in [0.5, 0.6) is 0 Å². The Morgan fingerprint density at radius 1 is 1.50 bits per heavy atom. The van der Waals surface area contributed by atoms with Gasteiger partial charge in [-0.3, -0.25) is 0 Å². The van der Waals surface area contributed by atoms with E-state index < -0.39 is 0 Å². The monoisotopic (exact) mass is 213 g/mol. The fourth-order valence-corrected chi connectivity index (χ4v) is 1.53. The predicted molar refractivity (Wildman–Crippen MR) is 54.5 cm³/mol. The smallest absolute Gasteiger partial charge is 0.151 e. The molecule has 4 nitrogen and oxygen atoms in total. The van der Waals surface area contributed by atoms with Gasteiger partial charge in [0, 0.05) is 13.2 Å². The van der Waals surface area contributed by atoms with E-state index >= 15 is 0 Å². The summed E-state index contributed by atoms with van der Waals surface area (Å²) in [6.07, 6.45) is 2.58. The van der Waals surface area contributed by atoms with E-state index in [0.717, 1.165) is 31.8 Å². The van der Waals surface area contributed by atoms with Gasteiger partial charge in [0.1, 0.15) is 5.82 Å². The molecule has 0 aliphatic carbocycles. The molecule has 5 heteroatoms. The molecule has 1 aromatic rings. The van der Waals surface area contributed by atoms with Crippen molar-refractivity contribution in [2.45, 2.75) is 18.9 Å². The maximum atomic E-state index is 5.61. The molecule has 2 heterocycles. The molecule has 0 unspecified atom stereocenters. The number of hydrogen-bond donors (Lipinski definition) is 1. The number of ether oxygens (including phenoxy) is 1. The van der Waals surface area contributed by atoms with Gasteiger partial charge in [0.25, 0.3) is 0 Å². The highest BCUT2D eigenvalue weighted by molar-refractivity contribution is 6.29. The number of nitrogens with one attached hydrogen (secondary N) is 1. The zero-order chi connectivity index (χ0) is 9.80.